The van der Waals surface area contributed by atoms with Crippen molar-refractivity contribution in [1.29, 1.82) is 0 Å². The van der Waals surface area contributed by atoms with Gasteiger partial charge in [0.15, 0.2) is 0 Å². The second-order valence-electron chi connectivity index (χ2n) is 3.69. The summed E-state index contributed by atoms with van der Waals surface area (Å²) in [6.45, 7) is 0. The lowest BCUT2D eigenvalue weighted by Gasteiger charge is -2.10. The molecule has 0 radical (unpaired) electrons. The van der Waals surface area contributed by atoms with E-state index >= 15 is 0 Å². The fourth-order valence-corrected chi connectivity index (χ4v) is 1.48. The van der Waals surface area contributed by atoms with Gasteiger partial charge in [0.1, 0.15) is 11.6 Å². The predicted octanol–water partition coefficient (Wildman–Crippen LogP) is 2.67. The molecule has 0 aliphatic heterocycles. The molecule has 0 aromatic heterocycles. The van der Waals surface area contributed by atoms with E-state index in [0.29, 0.717) is 24.8 Å². The van der Waals surface area contributed by atoms with Gasteiger partial charge in [-0.15, -0.1) is 12.3 Å². The van der Waals surface area contributed by atoms with Gasteiger partial charge >= 0.3 is 0 Å². The number of halogens is 2. The van der Waals surface area contributed by atoms with Crippen molar-refractivity contribution >= 4 is 0 Å². The summed E-state index contributed by atoms with van der Waals surface area (Å²) in [6, 6.07) is 3.37. The average Bonchev–Trinajstić information content (AvgIpc) is 2.23. The Hall–Kier alpha value is -1.40. The molecule has 0 heterocycles. The normalized spacial score (nSPS) is 12.1. The average molecular weight is 224 g/mol. The Morgan fingerprint density at radius 2 is 2.12 bits per heavy atom. The van der Waals surface area contributed by atoms with Gasteiger partial charge in [-0.1, -0.05) is 6.07 Å². The smallest absolute Gasteiger partial charge is 0.129 e. The molecule has 0 spiro atoms. The molecule has 0 bridgehead atoms. The number of rotatable bonds is 5. The summed E-state index contributed by atoms with van der Waals surface area (Å²) in [4.78, 5) is 0. The van der Waals surface area contributed by atoms with Crippen LogP contribution in [0.2, 0.25) is 0 Å². The van der Waals surface area contributed by atoms with Gasteiger partial charge < -0.3 is 5.11 Å². The zero-order valence-electron chi connectivity index (χ0n) is 8.92. The Kier molecular flexibility index (Phi) is 4.94. The van der Waals surface area contributed by atoms with Crippen LogP contribution in [0, 0.1) is 24.0 Å². The first-order chi connectivity index (χ1) is 7.63. The van der Waals surface area contributed by atoms with Gasteiger partial charge in [-0.3, -0.25) is 0 Å². The van der Waals surface area contributed by atoms with Crippen molar-refractivity contribution in [2.24, 2.45) is 0 Å². The summed E-state index contributed by atoms with van der Waals surface area (Å²) in [6.07, 6.45) is 6.47. The summed E-state index contributed by atoms with van der Waals surface area (Å²) < 4.78 is 25.8. The van der Waals surface area contributed by atoms with E-state index in [4.69, 9.17) is 6.42 Å². The molecule has 1 unspecified atom stereocenters. The molecule has 1 nitrogen and oxygen atoms in total. The molecular weight excluding hydrogens is 210 g/mol. The van der Waals surface area contributed by atoms with Gasteiger partial charge in [0.2, 0.25) is 0 Å². The first-order valence-electron chi connectivity index (χ1n) is 5.19. The molecule has 3 heteroatoms. The number of hydrogen-bond acceptors (Lipinski definition) is 1. The first-order valence-corrected chi connectivity index (χ1v) is 5.19. The second kappa shape index (κ2) is 6.24. The molecule has 1 atom stereocenters. The van der Waals surface area contributed by atoms with Crippen LogP contribution < -0.4 is 0 Å². The van der Waals surface area contributed by atoms with E-state index in [9.17, 15) is 13.9 Å². The number of aliphatic hydroxyl groups is 1. The van der Waals surface area contributed by atoms with E-state index in [0.717, 1.165) is 6.07 Å². The van der Waals surface area contributed by atoms with Crippen molar-refractivity contribution in [1.82, 2.24) is 0 Å². The van der Waals surface area contributed by atoms with Crippen molar-refractivity contribution in [2.75, 3.05) is 0 Å². The van der Waals surface area contributed by atoms with Crippen LogP contribution in [0.3, 0.4) is 0 Å². The Morgan fingerprint density at radius 3 is 2.75 bits per heavy atom. The monoisotopic (exact) mass is 224 g/mol. The van der Waals surface area contributed by atoms with Crippen molar-refractivity contribution in [3.05, 3.63) is 35.4 Å². The fourth-order valence-electron chi connectivity index (χ4n) is 1.48. The largest absolute Gasteiger partial charge is 0.393 e. The van der Waals surface area contributed by atoms with Crippen LogP contribution in [-0.4, -0.2) is 11.2 Å². The highest BCUT2D eigenvalue weighted by Crippen LogP contribution is 2.14. The predicted molar refractivity (Wildman–Crippen MR) is 58.8 cm³/mol. The van der Waals surface area contributed by atoms with Gasteiger partial charge in [-0.05, 0) is 24.5 Å². The molecular formula is C13H14F2O. The quantitative estimate of drug-likeness (QED) is 0.602. The minimum Gasteiger partial charge on any atom is -0.393 e. The summed E-state index contributed by atoms with van der Waals surface area (Å²) in [5.41, 5.74) is 0.328. The third-order valence-corrected chi connectivity index (χ3v) is 2.33. The number of aliphatic hydroxyl groups excluding tert-OH is 1. The highest BCUT2D eigenvalue weighted by molar-refractivity contribution is 5.19. The second-order valence-corrected chi connectivity index (χ2v) is 3.69. The van der Waals surface area contributed by atoms with Gasteiger partial charge in [0.25, 0.3) is 0 Å². The first kappa shape index (κ1) is 12.7. The third kappa shape index (κ3) is 4.00. The molecule has 1 rings (SSSR count). The summed E-state index contributed by atoms with van der Waals surface area (Å²) >= 11 is 0. The van der Waals surface area contributed by atoms with Gasteiger partial charge in [0.05, 0.1) is 6.10 Å². The Labute approximate surface area is 94.1 Å². The molecule has 1 aromatic carbocycles. The third-order valence-electron chi connectivity index (χ3n) is 2.33. The minimum atomic E-state index is -0.631. The van der Waals surface area contributed by atoms with Crippen LogP contribution in [0.1, 0.15) is 24.8 Å². The molecule has 0 fully saturated rings. The van der Waals surface area contributed by atoms with E-state index < -0.39 is 17.7 Å². The SMILES string of the molecule is C#CCCCC(O)Cc1ccc(F)cc1F. The van der Waals surface area contributed by atoms with Gasteiger partial charge in [-0.25, -0.2) is 8.78 Å². The van der Waals surface area contributed by atoms with Crippen LogP contribution in [0.15, 0.2) is 18.2 Å². The highest BCUT2D eigenvalue weighted by Gasteiger charge is 2.09. The zero-order chi connectivity index (χ0) is 12.0. The molecule has 0 saturated carbocycles. The number of hydrogen-bond donors (Lipinski definition) is 1. The van der Waals surface area contributed by atoms with E-state index in [-0.39, 0.29) is 6.42 Å². The molecule has 0 aliphatic carbocycles. The van der Waals surface area contributed by atoms with E-state index in [1.54, 1.807) is 0 Å². The van der Waals surface area contributed by atoms with Crippen LogP contribution >= 0.6 is 0 Å². The van der Waals surface area contributed by atoms with Crippen LogP contribution in [0.4, 0.5) is 8.78 Å². The summed E-state index contributed by atoms with van der Waals surface area (Å²) in [5.74, 6) is 1.25. The van der Waals surface area contributed by atoms with Crippen LogP contribution in [-0.2, 0) is 6.42 Å². The molecule has 0 aliphatic rings. The lowest BCUT2D eigenvalue weighted by Crippen LogP contribution is -2.11. The molecule has 1 N–H and O–H groups in total. The van der Waals surface area contributed by atoms with Gasteiger partial charge in [0, 0.05) is 18.9 Å². The van der Waals surface area contributed by atoms with Crippen molar-refractivity contribution in [3.63, 3.8) is 0 Å². The summed E-state index contributed by atoms with van der Waals surface area (Å²) in [7, 11) is 0. The number of unbranched alkanes of at least 4 members (excludes halogenated alkanes) is 1. The maximum atomic E-state index is 13.2. The van der Waals surface area contributed by atoms with Gasteiger partial charge in [-0.2, -0.15) is 0 Å². The molecule has 86 valence electrons. The lowest BCUT2D eigenvalue weighted by atomic mass is 10.0. The Balaban J connectivity index is 2.50. The molecule has 0 amide bonds. The standard InChI is InChI=1S/C13H14F2O/c1-2-3-4-5-12(16)8-10-6-7-11(14)9-13(10)15/h1,6-7,9,12,16H,3-5,8H2. The maximum absolute atomic E-state index is 13.2. The van der Waals surface area contributed by atoms with Crippen LogP contribution in [0.5, 0.6) is 0 Å². The van der Waals surface area contributed by atoms with E-state index in [1.807, 2.05) is 0 Å². The maximum Gasteiger partial charge on any atom is 0.129 e. The Morgan fingerprint density at radius 1 is 1.38 bits per heavy atom. The van der Waals surface area contributed by atoms with E-state index in [1.165, 1.54) is 12.1 Å². The summed E-state index contributed by atoms with van der Waals surface area (Å²) in [5, 5.41) is 9.59. The van der Waals surface area contributed by atoms with Crippen molar-refractivity contribution in [2.45, 2.75) is 31.8 Å². The Bertz CT molecular complexity index is 382. The fraction of sp³-hybridized carbons (Fsp3) is 0.385. The van der Waals surface area contributed by atoms with Crippen molar-refractivity contribution in [3.8, 4) is 12.3 Å². The number of terminal acetylenes is 1. The van der Waals surface area contributed by atoms with E-state index in [2.05, 4.69) is 5.92 Å². The molecule has 1 aromatic rings. The minimum absolute atomic E-state index is 0.191. The molecule has 16 heavy (non-hydrogen) atoms. The topological polar surface area (TPSA) is 20.2 Å². The van der Waals surface area contributed by atoms with Crippen LogP contribution in [0.25, 0.3) is 0 Å². The number of benzene rings is 1. The zero-order valence-corrected chi connectivity index (χ0v) is 8.92. The lowest BCUT2D eigenvalue weighted by molar-refractivity contribution is 0.161. The highest BCUT2D eigenvalue weighted by atomic mass is 19.1. The molecule has 0 saturated heterocycles. The van der Waals surface area contributed by atoms with Crippen molar-refractivity contribution < 1.29 is 13.9 Å².